The van der Waals surface area contributed by atoms with Gasteiger partial charge in [0.05, 0.1) is 20.3 Å². The predicted octanol–water partition coefficient (Wildman–Crippen LogP) is 1.93. The lowest BCUT2D eigenvalue weighted by Crippen LogP contribution is -2.25. The van der Waals surface area contributed by atoms with Gasteiger partial charge in [-0.3, -0.25) is 0 Å². The maximum absolute atomic E-state index is 6.13. The Balaban J connectivity index is 2.39. The van der Waals surface area contributed by atoms with Crippen molar-refractivity contribution >= 4 is 0 Å². The zero-order valence-electron chi connectivity index (χ0n) is 12.1. The van der Waals surface area contributed by atoms with Crippen LogP contribution in [0.3, 0.4) is 0 Å². The zero-order valence-corrected chi connectivity index (χ0v) is 12.1. The number of aryl methyl sites for hydroxylation is 1. The van der Waals surface area contributed by atoms with Crippen LogP contribution in [0.4, 0.5) is 0 Å². The number of hydrogen-bond donors (Lipinski definition) is 1. The molecule has 4 heteroatoms. The Morgan fingerprint density at radius 3 is 2.63 bits per heavy atom. The Kier molecular flexibility index (Phi) is 7.48. The van der Waals surface area contributed by atoms with Crippen LogP contribution in [0.2, 0.25) is 0 Å². The quantitative estimate of drug-likeness (QED) is 0.695. The fraction of sp³-hybridized carbons (Fsp3) is 0.600. The maximum atomic E-state index is 6.13. The van der Waals surface area contributed by atoms with Crippen molar-refractivity contribution in [2.45, 2.75) is 25.8 Å². The van der Waals surface area contributed by atoms with Gasteiger partial charge in [-0.15, -0.1) is 0 Å². The first kappa shape index (κ1) is 16.0. The average Bonchev–Trinajstić information content (AvgIpc) is 2.39. The molecular weight excluding hydrogens is 242 g/mol. The molecule has 1 atom stereocenters. The molecular formula is C15H25NO3. The summed E-state index contributed by atoms with van der Waals surface area (Å²) in [7, 11) is 3.35. The van der Waals surface area contributed by atoms with Gasteiger partial charge in [0, 0.05) is 19.8 Å². The van der Waals surface area contributed by atoms with E-state index in [1.165, 1.54) is 5.56 Å². The highest BCUT2D eigenvalue weighted by Gasteiger charge is 2.09. The summed E-state index contributed by atoms with van der Waals surface area (Å²) in [5, 5.41) is 0. The normalized spacial score (nSPS) is 12.4. The molecule has 2 N–H and O–H groups in total. The van der Waals surface area contributed by atoms with Crippen LogP contribution in [0, 0.1) is 6.92 Å². The topological polar surface area (TPSA) is 53.7 Å². The van der Waals surface area contributed by atoms with Crippen molar-refractivity contribution in [2.75, 3.05) is 34.0 Å². The molecule has 1 aromatic rings. The monoisotopic (exact) mass is 267 g/mol. The fourth-order valence-corrected chi connectivity index (χ4v) is 1.93. The number of methoxy groups -OCH3 is 2. The minimum Gasteiger partial charge on any atom is -0.496 e. The van der Waals surface area contributed by atoms with Gasteiger partial charge in [-0.1, -0.05) is 17.7 Å². The molecule has 1 aromatic carbocycles. The van der Waals surface area contributed by atoms with E-state index in [4.69, 9.17) is 19.9 Å². The molecule has 4 nitrogen and oxygen atoms in total. The first-order valence-electron chi connectivity index (χ1n) is 6.63. The second-order valence-electron chi connectivity index (χ2n) is 4.67. The van der Waals surface area contributed by atoms with Crippen LogP contribution in [0.25, 0.3) is 0 Å². The summed E-state index contributed by atoms with van der Waals surface area (Å²) in [6.45, 7) is 3.99. The summed E-state index contributed by atoms with van der Waals surface area (Å²) in [5.41, 5.74) is 8.51. The Morgan fingerprint density at radius 2 is 1.95 bits per heavy atom. The van der Waals surface area contributed by atoms with Gasteiger partial charge >= 0.3 is 0 Å². The molecule has 0 aliphatic rings. The van der Waals surface area contributed by atoms with Gasteiger partial charge in [-0.25, -0.2) is 0 Å². The molecule has 1 rings (SSSR count). The minimum atomic E-state index is 0.0817. The maximum Gasteiger partial charge on any atom is 0.122 e. The van der Waals surface area contributed by atoms with E-state index >= 15 is 0 Å². The molecule has 0 saturated carbocycles. The molecule has 0 aromatic heterocycles. The Bertz CT molecular complexity index is 368. The van der Waals surface area contributed by atoms with E-state index in [0.29, 0.717) is 19.8 Å². The molecule has 0 saturated heterocycles. The smallest absolute Gasteiger partial charge is 0.122 e. The summed E-state index contributed by atoms with van der Waals surface area (Å²) in [4.78, 5) is 0. The van der Waals surface area contributed by atoms with Crippen molar-refractivity contribution in [2.24, 2.45) is 5.73 Å². The van der Waals surface area contributed by atoms with E-state index in [1.807, 2.05) is 12.1 Å². The van der Waals surface area contributed by atoms with Gasteiger partial charge in [-0.05, 0) is 31.4 Å². The Morgan fingerprint density at radius 1 is 1.16 bits per heavy atom. The lowest BCUT2D eigenvalue weighted by Gasteiger charge is -2.15. The third-order valence-electron chi connectivity index (χ3n) is 2.98. The summed E-state index contributed by atoms with van der Waals surface area (Å²) in [6, 6.07) is 6.25. The number of hydrogen-bond acceptors (Lipinski definition) is 4. The fourth-order valence-electron chi connectivity index (χ4n) is 1.93. The summed E-state index contributed by atoms with van der Waals surface area (Å²) in [6.07, 6.45) is 1.64. The van der Waals surface area contributed by atoms with Gasteiger partial charge in [0.2, 0.25) is 0 Å². The number of nitrogens with two attached hydrogens (primary N) is 1. The highest BCUT2D eigenvalue weighted by molar-refractivity contribution is 5.37. The van der Waals surface area contributed by atoms with Crippen molar-refractivity contribution < 1.29 is 14.2 Å². The molecule has 0 radical (unpaired) electrons. The average molecular weight is 267 g/mol. The minimum absolute atomic E-state index is 0.0817. The third-order valence-corrected chi connectivity index (χ3v) is 2.98. The molecule has 0 amide bonds. The van der Waals surface area contributed by atoms with Gasteiger partial charge in [-0.2, -0.15) is 0 Å². The third kappa shape index (κ3) is 6.05. The standard InChI is InChI=1S/C15H25NO3/c1-12-4-5-15(18-3)13(10-12)11-14(16)6-7-19-9-8-17-2/h4-5,10,14H,6-9,11,16H2,1-3H3. The molecule has 0 fully saturated rings. The highest BCUT2D eigenvalue weighted by Crippen LogP contribution is 2.21. The Labute approximate surface area is 115 Å². The SMILES string of the molecule is COCCOCCC(N)Cc1cc(C)ccc1OC. The van der Waals surface area contributed by atoms with E-state index in [9.17, 15) is 0 Å². The number of rotatable bonds is 9. The highest BCUT2D eigenvalue weighted by atomic mass is 16.5. The summed E-state index contributed by atoms with van der Waals surface area (Å²) >= 11 is 0. The van der Waals surface area contributed by atoms with Crippen LogP contribution < -0.4 is 10.5 Å². The molecule has 19 heavy (non-hydrogen) atoms. The molecule has 0 heterocycles. The van der Waals surface area contributed by atoms with Crippen molar-refractivity contribution in [3.63, 3.8) is 0 Å². The van der Waals surface area contributed by atoms with E-state index in [2.05, 4.69) is 13.0 Å². The molecule has 0 aliphatic heterocycles. The largest absolute Gasteiger partial charge is 0.496 e. The second kappa shape index (κ2) is 8.91. The van der Waals surface area contributed by atoms with E-state index < -0.39 is 0 Å². The van der Waals surface area contributed by atoms with Gasteiger partial charge in [0.1, 0.15) is 5.75 Å². The first-order chi connectivity index (χ1) is 9.17. The second-order valence-corrected chi connectivity index (χ2v) is 4.67. The van der Waals surface area contributed by atoms with Crippen LogP contribution in [0.5, 0.6) is 5.75 Å². The molecule has 0 aliphatic carbocycles. The van der Waals surface area contributed by atoms with Crippen molar-refractivity contribution in [3.8, 4) is 5.75 Å². The molecule has 1 unspecified atom stereocenters. The van der Waals surface area contributed by atoms with Crippen molar-refractivity contribution in [3.05, 3.63) is 29.3 Å². The molecule has 0 spiro atoms. The van der Waals surface area contributed by atoms with Crippen LogP contribution >= 0.6 is 0 Å². The molecule has 108 valence electrons. The van der Waals surface area contributed by atoms with Gasteiger partial charge < -0.3 is 19.9 Å². The van der Waals surface area contributed by atoms with Crippen molar-refractivity contribution in [1.82, 2.24) is 0 Å². The van der Waals surface area contributed by atoms with Gasteiger partial charge in [0.15, 0.2) is 0 Å². The van der Waals surface area contributed by atoms with E-state index in [1.54, 1.807) is 14.2 Å². The van der Waals surface area contributed by atoms with Crippen LogP contribution in [0.1, 0.15) is 17.5 Å². The summed E-state index contributed by atoms with van der Waals surface area (Å²) in [5.74, 6) is 0.904. The summed E-state index contributed by atoms with van der Waals surface area (Å²) < 4.78 is 15.7. The van der Waals surface area contributed by atoms with Gasteiger partial charge in [0.25, 0.3) is 0 Å². The number of benzene rings is 1. The van der Waals surface area contributed by atoms with E-state index in [0.717, 1.165) is 24.2 Å². The number of ether oxygens (including phenoxy) is 3. The predicted molar refractivity (Wildman–Crippen MR) is 76.7 cm³/mol. The van der Waals surface area contributed by atoms with Crippen LogP contribution in [-0.4, -0.2) is 40.1 Å². The molecule has 0 bridgehead atoms. The van der Waals surface area contributed by atoms with Crippen LogP contribution in [-0.2, 0) is 15.9 Å². The van der Waals surface area contributed by atoms with E-state index in [-0.39, 0.29) is 6.04 Å². The van der Waals surface area contributed by atoms with Crippen molar-refractivity contribution in [1.29, 1.82) is 0 Å². The van der Waals surface area contributed by atoms with Crippen LogP contribution in [0.15, 0.2) is 18.2 Å². The Hall–Kier alpha value is -1.10. The lowest BCUT2D eigenvalue weighted by atomic mass is 10.0. The lowest BCUT2D eigenvalue weighted by molar-refractivity contribution is 0.0672. The first-order valence-corrected chi connectivity index (χ1v) is 6.63. The zero-order chi connectivity index (χ0) is 14.1.